The lowest BCUT2D eigenvalue weighted by molar-refractivity contribution is -0.117. The van der Waals surface area contributed by atoms with Crippen LogP contribution in [-0.2, 0) is 11.3 Å². The fourth-order valence-electron chi connectivity index (χ4n) is 5.12. The second-order valence-electron chi connectivity index (χ2n) is 11.2. The first-order valence-corrected chi connectivity index (χ1v) is 12.5. The molecule has 0 saturated heterocycles. The van der Waals surface area contributed by atoms with Gasteiger partial charge in [0.2, 0.25) is 5.91 Å². The summed E-state index contributed by atoms with van der Waals surface area (Å²) in [4.78, 5) is 25.8. The van der Waals surface area contributed by atoms with E-state index < -0.39 is 0 Å². The molecule has 34 heavy (non-hydrogen) atoms. The number of hydrogen-bond donors (Lipinski definition) is 2. The van der Waals surface area contributed by atoms with Crippen LogP contribution in [0.25, 0.3) is 10.9 Å². The number of aromatic nitrogens is 1. The van der Waals surface area contributed by atoms with Gasteiger partial charge in [-0.05, 0) is 66.5 Å². The molecule has 2 atom stereocenters. The Morgan fingerprint density at radius 2 is 1.74 bits per heavy atom. The molecule has 0 bridgehead atoms. The molecule has 5 heteroatoms. The topological polar surface area (TPSA) is 63.1 Å². The number of carbonyl (C=O) groups is 2. The summed E-state index contributed by atoms with van der Waals surface area (Å²) in [5.74, 6) is 1.19. The maximum absolute atomic E-state index is 13.3. The highest BCUT2D eigenvalue weighted by Gasteiger charge is 2.23. The van der Waals surface area contributed by atoms with E-state index in [4.69, 9.17) is 0 Å². The number of hydrogen-bond acceptors (Lipinski definition) is 2. The second kappa shape index (κ2) is 10.0. The van der Waals surface area contributed by atoms with Crippen molar-refractivity contribution in [2.45, 2.75) is 66.3 Å². The molecule has 180 valence electrons. The van der Waals surface area contributed by atoms with Crippen LogP contribution in [0.5, 0.6) is 0 Å². The number of nitrogens with one attached hydrogen (secondary N) is 2. The van der Waals surface area contributed by atoms with Crippen molar-refractivity contribution in [3.63, 3.8) is 0 Å². The number of amides is 2. The quantitative estimate of drug-likeness (QED) is 0.413. The summed E-state index contributed by atoms with van der Waals surface area (Å²) >= 11 is 0. The van der Waals surface area contributed by atoms with Gasteiger partial charge in [0.05, 0.1) is 0 Å². The summed E-state index contributed by atoms with van der Waals surface area (Å²) in [5, 5.41) is 7.04. The molecule has 3 aromatic rings. The maximum Gasteiger partial charge on any atom is 0.272 e. The van der Waals surface area contributed by atoms with Crippen LogP contribution in [0, 0.1) is 17.3 Å². The molecule has 2 aromatic carbocycles. The largest absolute Gasteiger partial charge is 0.336 e. The van der Waals surface area contributed by atoms with Crippen LogP contribution in [-0.4, -0.2) is 16.4 Å². The van der Waals surface area contributed by atoms with Crippen LogP contribution >= 0.6 is 0 Å². The van der Waals surface area contributed by atoms with Crippen LogP contribution in [0.3, 0.4) is 0 Å². The lowest BCUT2D eigenvalue weighted by atomic mass is 9.82. The molecule has 0 spiro atoms. The number of nitrogens with zero attached hydrogens (tertiary/aromatic N) is 1. The smallest absolute Gasteiger partial charge is 0.272 e. The van der Waals surface area contributed by atoms with Gasteiger partial charge in [-0.2, -0.15) is 0 Å². The van der Waals surface area contributed by atoms with Crippen LogP contribution in [0.1, 0.15) is 70.3 Å². The van der Waals surface area contributed by atoms with E-state index in [2.05, 4.69) is 42.9 Å². The van der Waals surface area contributed by atoms with E-state index in [-0.39, 0.29) is 17.2 Å². The minimum atomic E-state index is -0.107. The lowest BCUT2D eigenvalue weighted by Gasteiger charge is -2.28. The molecule has 1 heterocycles. The fourth-order valence-corrected chi connectivity index (χ4v) is 5.12. The third-order valence-electron chi connectivity index (χ3n) is 6.63. The minimum absolute atomic E-state index is 0.00419. The van der Waals surface area contributed by atoms with Crippen LogP contribution in [0.15, 0.2) is 54.6 Å². The zero-order chi connectivity index (χ0) is 24.3. The predicted octanol–water partition coefficient (Wildman–Crippen LogP) is 7.09. The number of anilines is 2. The van der Waals surface area contributed by atoms with E-state index in [1.165, 1.54) is 25.7 Å². The third kappa shape index (κ3) is 6.07. The average molecular weight is 460 g/mol. The van der Waals surface area contributed by atoms with Crippen molar-refractivity contribution < 1.29 is 9.59 Å². The van der Waals surface area contributed by atoms with Crippen LogP contribution < -0.4 is 10.6 Å². The molecular weight excluding hydrogens is 422 g/mol. The average Bonchev–Trinajstić information content (AvgIpc) is 3.11. The Kier molecular flexibility index (Phi) is 7.11. The van der Waals surface area contributed by atoms with Gasteiger partial charge < -0.3 is 15.2 Å². The molecule has 2 amide bonds. The van der Waals surface area contributed by atoms with Gasteiger partial charge >= 0.3 is 0 Å². The predicted molar refractivity (Wildman–Crippen MR) is 140 cm³/mol. The summed E-state index contributed by atoms with van der Waals surface area (Å²) in [6, 6.07) is 17.5. The molecule has 2 N–H and O–H groups in total. The normalized spacial score (nSPS) is 18.6. The highest BCUT2D eigenvalue weighted by atomic mass is 16.2. The molecule has 5 nitrogen and oxygen atoms in total. The van der Waals surface area contributed by atoms with E-state index >= 15 is 0 Å². The first-order chi connectivity index (χ1) is 16.2. The van der Waals surface area contributed by atoms with Crippen molar-refractivity contribution in [1.29, 1.82) is 0 Å². The first kappa shape index (κ1) is 24.1. The SMILES string of the molecule is C[C@H]1CCCC(Cn2c(C(=O)Nc3ccccc3)cc3cc(NC(=O)CC(C)(C)C)ccc32)C1. The Morgan fingerprint density at radius 1 is 0.971 bits per heavy atom. The van der Waals surface area contributed by atoms with Crippen LogP contribution in [0.4, 0.5) is 11.4 Å². The zero-order valence-electron chi connectivity index (χ0n) is 20.9. The molecule has 1 saturated carbocycles. The van der Waals surface area contributed by atoms with Crippen molar-refractivity contribution in [2.24, 2.45) is 17.3 Å². The van der Waals surface area contributed by atoms with Crippen molar-refractivity contribution in [3.8, 4) is 0 Å². The lowest BCUT2D eigenvalue weighted by Crippen LogP contribution is -2.23. The molecule has 1 aromatic heterocycles. The van der Waals surface area contributed by atoms with E-state index in [9.17, 15) is 9.59 Å². The van der Waals surface area contributed by atoms with E-state index in [1.54, 1.807) is 0 Å². The summed E-state index contributed by atoms with van der Waals surface area (Å²) in [6.07, 6.45) is 5.39. The second-order valence-corrected chi connectivity index (χ2v) is 11.2. The molecule has 0 radical (unpaired) electrons. The first-order valence-electron chi connectivity index (χ1n) is 12.5. The maximum atomic E-state index is 13.3. The van der Waals surface area contributed by atoms with Crippen molar-refractivity contribution in [2.75, 3.05) is 10.6 Å². The van der Waals surface area contributed by atoms with Crippen molar-refractivity contribution >= 4 is 34.1 Å². The summed E-state index contributed by atoms with van der Waals surface area (Å²) < 4.78 is 2.18. The van der Waals surface area contributed by atoms with E-state index in [1.807, 2.05) is 54.6 Å². The highest BCUT2D eigenvalue weighted by molar-refractivity contribution is 6.07. The van der Waals surface area contributed by atoms with Crippen LogP contribution in [0.2, 0.25) is 0 Å². The van der Waals surface area contributed by atoms with Gasteiger partial charge in [0.25, 0.3) is 5.91 Å². The Labute approximate surface area is 202 Å². The summed E-state index contributed by atoms with van der Waals surface area (Å²) in [7, 11) is 0. The molecule has 4 rings (SSSR count). The third-order valence-corrected chi connectivity index (χ3v) is 6.63. The molecule has 1 aliphatic carbocycles. The Bertz CT molecular complexity index is 1160. The van der Waals surface area contributed by atoms with Gasteiger partial charge in [-0.1, -0.05) is 58.7 Å². The minimum Gasteiger partial charge on any atom is -0.336 e. The Balaban J connectivity index is 1.64. The van der Waals surface area contributed by atoms with Gasteiger partial charge in [-0.3, -0.25) is 9.59 Å². The molecule has 1 unspecified atom stereocenters. The highest BCUT2D eigenvalue weighted by Crippen LogP contribution is 2.33. The van der Waals surface area contributed by atoms with E-state index in [0.717, 1.165) is 34.7 Å². The van der Waals surface area contributed by atoms with Crippen molar-refractivity contribution in [1.82, 2.24) is 4.57 Å². The number of rotatable bonds is 6. The zero-order valence-corrected chi connectivity index (χ0v) is 20.9. The number of benzene rings is 2. The van der Waals surface area contributed by atoms with Gasteiger partial charge in [-0.15, -0.1) is 0 Å². The molecular formula is C29H37N3O2. The van der Waals surface area contributed by atoms with Crippen molar-refractivity contribution in [3.05, 3.63) is 60.3 Å². The summed E-state index contributed by atoms with van der Waals surface area (Å²) in [5.41, 5.74) is 3.17. The Morgan fingerprint density at radius 3 is 2.44 bits per heavy atom. The van der Waals surface area contributed by atoms with Gasteiger partial charge in [-0.25, -0.2) is 0 Å². The van der Waals surface area contributed by atoms with E-state index in [0.29, 0.717) is 18.0 Å². The molecule has 1 aliphatic rings. The monoisotopic (exact) mass is 459 g/mol. The fraction of sp³-hybridized carbons (Fsp3) is 0.448. The molecule has 0 aliphatic heterocycles. The van der Waals surface area contributed by atoms with Gasteiger partial charge in [0, 0.05) is 35.2 Å². The van der Waals surface area contributed by atoms with Gasteiger partial charge in [0.1, 0.15) is 5.69 Å². The van der Waals surface area contributed by atoms with Gasteiger partial charge in [0.15, 0.2) is 0 Å². The number of para-hydroxylation sites is 1. The molecule has 1 fully saturated rings. The Hall–Kier alpha value is -3.08. The standard InChI is InChI=1S/C29H37N3O2/c1-20-9-8-10-21(15-20)19-32-25-14-13-24(30-27(33)18-29(2,3)4)16-22(25)17-26(32)28(34)31-23-11-6-5-7-12-23/h5-7,11-14,16-17,20-21H,8-10,15,18-19H2,1-4H3,(H,30,33)(H,31,34)/t20-,21?/m0/s1. The number of fused-ring (bicyclic) bond motifs is 1. The number of carbonyl (C=O) groups excluding carboxylic acids is 2. The summed E-state index contributed by atoms with van der Waals surface area (Å²) in [6.45, 7) is 9.33.